The smallest absolute Gasteiger partial charge is 0.328 e. The highest BCUT2D eigenvalue weighted by Crippen LogP contribution is 2.25. The summed E-state index contributed by atoms with van der Waals surface area (Å²) in [7, 11) is 3.78. The van der Waals surface area contributed by atoms with Gasteiger partial charge in [0.05, 0.1) is 0 Å². The van der Waals surface area contributed by atoms with Gasteiger partial charge in [0, 0.05) is 6.54 Å². The van der Waals surface area contributed by atoms with Crippen LogP contribution in [0.4, 0.5) is 0 Å². The van der Waals surface area contributed by atoms with E-state index in [2.05, 4.69) is 24.2 Å². The fourth-order valence-electron chi connectivity index (χ4n) is 2.58. The van der Waals surface area contributed by atoms with Crippen LogP contribution in [0.2, 0.25) is 0 Å². The summed E-state index contributed by atoms with van der Waals surface area (Å²) in [4.78, 5) is 14.1. The van der Waals surface area contributed by atoms with Gasteiger partial charge in [-0.25, -0.2) is 4.79 Å². The average Bonchev–Trinajstić information content (AvgIpc) is 2.49. The molecular formula is C17H28N2O2. The number of unbranched alkanes of at least 4 members (excludes halogenated alkanes) is 2. The van der Waals surface area contributed by atoms with Crippen molar-refractivity contribution < 1.29 is 9.90 Å². The van der Waals surface area contributed by atoms with E-state index in [1.165, 1.54) is 12.8 Å². The zero-order valence-corrected chi connectivity index (χ0v) is 13.4. The quantitative estimate of drug-likeness (QED) is 0.651. The van der Waals surface area contributed by atoms with Gasteiger partial charge in [-0.05, 0) is 39.0 Å². The first-order chi connectivity index (χ1) is 10.1. The summed E-state index contributed by atoms with van der Waals surface area (Å²) in [6.07, 6.45) is 4.13. The third-order valence-corrected chi connectivity index (χ3v) is 4.07. The van der Waals surface area contributed by atoms with Gasteiger partial charge in [-0.1, -0.05) is 50.1 Å². The summed E-state index contributed by atoms with van der Waals surface area (Å²) >= 11 is 0. The van der Waals surface area contributed by atoms with E-state index in [9.17, 15) is 9.90 Å². The van der Waals surface area contributed by atoms with Crippen molar-refractivity contribution in [1.82, 2.24) is 10.2 Å². The van der Waals surface area contributed by atoms with E-state index >= 15 is 0 Å². The maximum atomic E-state index is 11.8. The van der Waals surface area contributed by atoms with Crippen LogP contribution in [-0.2, 0) is 10.3 Å². The minimum atomic E-state index is -1.01. The Bertz CT molecular complexity index is 422. The number of nitrogens with one attached hydrogen (secondary N) is 1. The van der Waals surface area contributed by atoms with Gasteiger partial charge < -0.3 is 15.3 Å². The summed E-state index contributed by atoms with van der Waals surface area (Å²) in [5.74, 6) is -0.821. The summed E-state index contributed by atoms with van der Waals surface area (Å²) < 4.78 is 0. The molecule has 0 saturated carbocycles. The summed E-state index contributed by atoms with van der Waals surface area (Å²) in [6.45, 7) is 3.96. The van der Waals surface area contributed by atoms with Crippen LogP contribution in [0, 0.1) is 0 Å². The van der Waals surface area contributed by atoms with Crippen LogP contribution < -0.4 is 5.32 Å². The number of aliphatic carboxylic acids is 1. The van der Waals surface area contributed by atoms with Crippen molar-refractivity contribution in [3.63, 3.8) is 0 Å². The SMILES string of the molecule is CCCCCN(C)CCC(NC)(C(=O)O)c1ccccc1. The predicted molar refractivity (Wildman–Crippen MR) is 86.5 cm³/mol. The molecule has 0 aromatic heterocycles. The normalized spacial score (nSPS) is 14.1. The zero-order chi connectivity index (χ0) is 15.7. The number of nitrogens with zero attached hydrogens (tertiary/aromatic N) is 1. The number of hydrogen-bond donors (Lipinski definition) is 2. The molecule has 4 heteroatoms. The molecule has 0 saturated heterocycles. The summed E-state index contributed by atoms with van der Waals surface area (Å²) in [5, 5.41) is 12.8. The molecule has 1 aromatic rings. The Morgan fingerprint density at radius 1 is 1.24 bits per heavy atom. The Morgan fingerprint density at radius 2 is 1.90 bits per heavy atom. The van der Waals surface area contributed by atoms with Crippen molar-refractivity contribution in [2.24, 2.45) is 0 Å². The van der Waals surface area contributed by atoms with E-state index in [4.69, 9.17) is 0 Å². The molecule has 118 valence electrons. The number of carbonyl (C=O) groups is 1. The minimum Gasteiger partial charge on any atom is -0.480 e. The van der Waals surface area contributed by atoms with E-state index in [1.807, 2.05) is 30.3 Å². The van der Waals surface area contributed by atoms with Crippen LogP contribution in [0.5, 0.6) is 0 Å². The molecule has 0 radical (unpaired) electrons. The molecule has 1 unspecified atom stereocenters. The van der Waals surface area contributed by atoms with E-state index in [1.54, 1.807) is 7.05 Å². The molecule has 1 atom stereocenters. The number of likely N-dealkylation sites (N-methyl/N-ethyl adjacent to an activating group) is 1. The van der Waals surface area contributed by atoms with E-state index in [0.29, 0.717) is 6.42 Å². The second kappa shape index (κ2) is 8.80. The maximum absolute atomic E-state index is 11.8. The lowest BCUT2D eigenvalue weighted by Gasteiger charge is -2.31. The molecule has 2 N–H and O–H groups in total. The third-order valence-electron chi connectivity index (χ3n) is 4.07. The molecule has 0 aliphatic heterocycles. The van der Waals surface area contributed by atoms with Crippen molar-refractivity contribution in [3.8, 4) is 0 Å². The van der Waals surface area contributed by atoms with E-state index in [-0.39, 0.29) is 0 Å². The van der Waals surface area contributed by atoms with Crippen LogP contribution >= 0.6 is 0 Å². The topological polar surface area (TPSA) is 52.6 Å². The highest BCUT2D eigenvalue weighted by Gasteiger charge is 2.38. The van der Waals surface area contributed by atoms with Gasteiger partial charge in [-0.15, -0.1) is 0 Å². The van der Waals surface area contributed by atoms with Crippen LogP contribution in [0.15, 0.2) is 30.3 Å². The zero-order valence-electron chi connectivity index (χ0n) is 13.4. The molecule has 0 amide bonds. The largest absolute Gasteiger partial charge is 0.480 e. The number of hydrogen-bond acceptors (Lipinski definition) is 3. The molecule has 1 aromatic carbocycles. The number of carboxylic acid groups (broad SMARTS) is 1. The van der Waals surface area contributed by atoms with Crippen molar-refractivity contribution >= 4 is 5.97 Å². The second-order valence-corrected chi connectivity index (χ2v) is 5.59. The third kappa shape index (κ3) is 4.83. The fourth-order valence-corrected chi connectivity index (χ4v) is 2.58. The fraction of sp³-hybridized carbons (Fsp3) is 0.588. The van der Waals surface area contributed by atoms with Gasteiger partial charge in [-0.2, -0.15) is 0 Å². The van der Waals surface area contributed by atoms with E-state index in [0.717, 1.165) is 25.1 Å². The molecule has 4 nitrogen and oxygen atoms in total. The summed E-state index contributed by atoms with van der Waals surface area (Å²) in [5.41, 5.74) is -0.206. The Kier molecular flexibility index (Phi) is 7.40. The molecule has 0 spiro atoms. The molecule has 1 rings (SSSR count). The van der Waals surface area contributed by atoms with Gasteiger partial charge >= 0.3 is 5.97 Å². The molecular weight excluding hydrogens is 264 g/mol. The standard InChI is InChI=1S/C17H28N2O2/c1-4-5-9-13-19(3)14-12-17(18-2,16(20)21)15-10-7-6-8-11-15/h6-8,10-11,18H,4-5,9,12-14H2,1-3H3,(H,20,21). The molecule has 0 aliphatic rings. The minimum absolute atomic E-state index is 0.547. The molecule has 0 heterocycles. The number of benzene rings is 1. The lowest BCUT2D eigenvalue weighted by molar-refractivity contribution is -0.145. The monoisotopic (exact) mass is 292 g/mol. The van der Waals surface area contributed by atoms with Crippen LogP contribution in [0.25, 0.3) is 0 Å². The van der Waals surface area contributed by atoms with Crippen LogP contribution in [-0.4, -0.2) is 43.2 Å². The van der Waals surface area contributed by atoms with Crippen LogP contribution in [0.3, 0.4) is 0 Å². The maximum Gasteiger partial charge on any atom is 0.328 e. The molecule has 21 heavy (non-hydrogen) atoms. The Balaban J connectivity index is 2.74. The van der Waals surface area contributed by atoms with E-state index < -0.39 is 11.5 Å². The Hall–Kier alpha value is -1.39. The van der Waals surface area contributed by atoms with Gasteiger partial charge in [0.1, 0.15) is 5.54 Å². The van der Waals surface area contributed by atoms with Gasteiger partial charge in [0.15, 0.2) is 0 Å². The van der Waals surface area contributed by atoms with Crippen molar-refractivity contribution in [3.05, 3.63) is 35.9 Å². The summed E-state index contributed by atoms with van der Waals surface area (Å²) in [6, 6.07) is 9.43. The highest BCUT2D eigenvalue weighted by atomic mass is 16.4. The molecule has 0 bridgehead atoms. The van der Waals surface area contributed by atoms with Gasteiger partial charge in [-0.3, -0.25) is 0 Å². The highest BCUT2D eigenvalue weighted by molar-refractivity contribution is 5.80. The van der Waals surface area contributed by atoms with Gasteiger partial charge in [0.25, 0.3) is 0 Å². The predicted octanol–water partition coefficient (Wildman–Crippen LogP) is 2.70. The first-order valence-corrected chi connectivity index (χ1v) is 7.73. The second-order valence-electron chi connectivity index (χ2n) is 5.59. The first kappa shape index (κ1) is 17.7. The first-order valence-electron chi connectivity index (χ1n) is 7.73. The van der Waals surface area contributed by atoms with Crippen LogP contribution in [0.1, 0.15) is 38.2 Å². The molecule has 0 fully saturated rings. The average molecular weight is 292 g/mol. The Labute approximate surface area is 128 Å². The Morgan fingerprint density at radius 3 is 2.43 bits per heavy atom. The molecule has 0 aliphatic carbocycles. The van der Waals surface area contributed by atoms with Crippen molar-refractivity contribution in [2.75, 3.05) is 27.2 Å². The van der Waals surface area contributed by atoms with Crippen molar-refractivity contribution in [1.29, 1.82) is 0 Å². The lowest BCUT2D eigenvalue weighted by Crippen LogP contribution is -2.49. The van der Waals surface area contributed by atoms with Crippen molar-refractivity contribution in [2.45, 2.75) is 38.1 Å². The number of rotatable bonds is 10. The lowest BCUT2D eigenvalue weighted by atomic mass is 9.86. The van der Waals surface area contributed by atoms with Gasteiger partial charge in [0.2, 0.25) is 0 Å². The number of carboxylic acids is 1.